The lowest BCUT2D eigenvalue weighted by atomic mass is 10.2. The fourth-order valence-corrected chi connectivity index (χ4v) is 2.27. The fourth-order valence-electron chi connectivity index (χ4n) is 2.27. The molecule has 1 aliphatic heterocycles. The van der Waals surface area contributed by atoms with Crippen LogP contribution in [0.15, 0.2) is 47.1 Å². The third-order valence-electron chi connectivity index (χ3n) is 3.36. The Hall–Kier alpha value is -2.50. The zero-order valence-corrected chi connectivity index (χ0v) is 11.0. The predicted molar refractivity (Wildman–Crippen MR) is 75.7 cm³/mol. The van der Waals surface area contributed by atoms with Crippen LogP contribution in [-0.2, 0) is 0 Å². The van der Waals surface area contributed by atoms with Crippen molar-refractivity contribution in [1.29, 1.82) is 0 Å². The molecule has 1 N–H and O–H groups in total. The summed E-state index contributed by atoms with van der Waals surface area (Å²) in [5.41, 5.74) is 1.20. The third-order valence-corrected chi connectivity index (χ3v) is 3.36. The maximum Gasteiger partial charge on any atom is 0.324 e. The first kappa shape index (κ1) is 12.5. The van der Waals surface area contributed by atoms with Crippen LogP contribution in [0.5, 0.6) is 0 Å². The molecular weight excluding hydrogens is 256 g/mol. The van der Waals surface area contributed by atoms with Crippen LogP contribution in [0.4, 0.5) is 16.4 Å². The van der Waals surface area contributed by atoms with Gasteiger partial charge in [0, 0.05) is 37.9 Å². The maximum atomic E-state index is 12.0. The molecular formula is C14H16N4O2. The summed E-state index contributed by atoms with van der Waals surface area (Å²) in [6, 6.07) is 11.7. The zero-order valence-electron chi connectivity index (χ0n) is 11.0. The summed E-state index contributed by atoms with van der Waals surface area (Å²) in [4.78, 5) is 16.1. The summed E-state index contributed by atoms with van der Waals surface area (Å²) in [5.74, 6) is 0.375. The summed E-state index contributed by atoms with van der Waals surface area (Å²) in [6.07, 6.45) is 1.50. The standard InChI is InChI=1S/C14H16N4O2/c19-14(16-13-6-7-15-20-13)18-10-8-17(9-11-18)12-4-2-1-3-5-12/h1-7H,8-11H2,(H,16,19). The van der Waals surface area contributed by atoms with Gasteiger partial charge in [0.25, 0.3) is 0 Å². The number of hydrogen-bond donors (Lipinski definition) is 1. The second-order valence-corrected chi connectivity index (χ2v) is 4.62. The van der Waals surface area contributed by atoms with Gasteiger partial charge < -0.3 is 14.3 Å². The Morgan fingerprint density at radius 3 is 2.50 bits per heavy atom. The first-order chi connectivity index (χ1) is 9.83. The lowest BCUT2D eigenvalue weighted by Gasteiger charge is -2.35. The summed E-state index contributed by atoms with van der Waals surface area (Å²) >= 11 is 0. The Kier molecular flexibility index (Phi) is 3.54. The second-order valence-electron chi connectivity index (χ2n) is 4.62. The molecule has 6 heteroatoms. The van der Waals surface area contributed by atoms with Crippen LogP contribution in [-0.4, -0.2) is 42.3 Å². The molecule has 0 unspecified atom stereocenters. The zero-order chi connectivity index (χ0) is 13.8. The molecule has 0 saturated carbocycles. The normalized spacial score (nSPS) is 15.2. The molecule has 0 aliphatic carbocycles. The van der Waals surface area contributed by atoms with Crippen molar-refractivity contribution in [3.8, 4) is 0 Å². The van der Waals surface area contributed by atoms with E-state index in [4.69, 9.17) is 4.52 Å². The highest BCUT2D eigenvalue weighted by atomic mass is 16.5. The van der Waals surface area contributed by atoms with Crippen LogP contribution in [0, 0.1) is 0 Å². The van der Waals surface area contributed by atoms with Gasteiger partial charge >= 0.3 is 6.03 Å². The number of aromatic nitrogens is 1. The monoisotopic (exact) mass is 272 g/mol. The summed E-state index contributed by atoms with van der Waals surface area (Å²) in [7, 11) is 0. The maximum absolute atomic E-state index is 12.0. The predicted octanol–water partition coefficient (Wildman–Crippen LogP) is 2.03. The molecule has 0 radical (unpaired) electrons. The summed E-state index contributed by atoms with van der Waals surface area (Å²) in [5, 5.41) is 6.24. The molecule has 1 aromatic heterocycles. The number of carbonyl (C=O) groups is 1. The molecule has 0 bridgehead atoms. The summed E-state index contributed by atoms with van der Waals surface area (Å²) in [6.45, 7) is 3.03. The van der Waals surface area contributed by atoms with Gasteiger partial charge in [-0.1, -0.05) is 23.4 Å². The van der Waals surface area contributed by atoms with Crippen LogP contribution in [0.1, 0.15) is 0 Å². The molecule has 6 nitrogen and oxygen atoms in total. The molecule has 2 heterocycles. The van der Waals surface area contributed by atoms with Crippen molar-refractivity contribution < 1.29 is 9.32 Å². The number of amides is 2. The lowest BCUT2D eigenvalue weighted by Crippen LogP contribution is -2.50. The topological polar surface area (TPSA) is 61.6 Å². The molecule has 2 aromatic rings. The average Bonchev–Trinajstić information content (AvgIpc) is 3.01. The van der Waals surface area contributed by atoms with Gasteiger partial charge in [-0.3, -0.25) is 5.32 Å². The van der Waals surface area contributed by atoms with Crippen LogP contribution in [0.2, 0.25) is 0 Å². The van der Waals surface area contributed by atoms with E-state index in [2.05, 4.69) is 27.5 Å². The molecule has 2 amide bonds. The van der Waals surface area contributed by atoms with Gasteiger partial charge in [0.05, 0.1) is 6.20 Å². The number of anilines is 2. The van der Waals surface area contributed by atoms with E-state index < -0.39 is 0 Å². The van der Waals surface area contributed by atoms with Gasteiger partial charge in [0.1, 0.15) is 0 Å². The molecule has 3 rings (SSSR count). The van der Waals surface area contributed by atoms with Crippen molar-refractivity contribution in [2.24, 2.45) is 0 Å². The van der Waals surface area contributed by atoms with E-state index in [0.29, 0.717) is 19.0 Å². The van der Waals surface area contributed by atoms with Crippen molar-refractivity contribution in [3.63, 3.8) is 0 Å². The molecule has 104 valence electrons. The Labute approximate surface area is 117 Å². The SMILES string of the molecule is O=C(Nc1ccno1)N1CCN(c2ccccc2)CC1. The smallest absolute Gasteiger partial charge is 0.324 e. The van der Waals surface area contributed by atoms with Gasteiger partial charge in [0.15, 0.2) is 0 Å². The molecule has 0 spiro atoms. The molecule has 1 fully saturated rings. The average molecular weight is 272 g/mol. The number of para-hydroxylation sites is 1. The Bertz CT molecular complexity index is 548. The van der Waals surface area contributed by atoms with E-state index in [-0.39, 0.29) is 6.03 Å². The Morgan fingerprint density at radius 1 is 1.10 bits per heavy atom. The van der Waals surface area contributed by atoms with Gasteiger partial charge in [-0.25, -0.2) is 4.79 Å². The van der Waals surface area contributed by atoms with Gasteiger partial charge in [-0.15, -0.1) is 0 Å². The van der Waals surface area contributed by atoms with Crippen LogP contribution in [0.3, 0.4) is 0 Å². The highest BCUT2D eigenvalue weighted by Crippen LogP contribution is 2.16. The van der Waals surface area contributed by atoms with Crippen LogP contribution < -0.4 is 10.2 Å². The van der Waals surface area contributed by atoms with Gasteiger partial charge in [0.2, 0.25) is 5.88 Å². The van der Waals surface area contributed by atoms with Crippen molar-refractivity contribution in [2.75, 3.05) is 36.4 Å². The van der Waals surface area contributed by atoms with E-state index in [1.807, 2.05) is 18.2 Å². The van der Waals surface area contributed by atoms with Crippen molar-refractivity contribution in [3.05, 3.63) is 42.6 Å². The first-order valence-electron chi connectivity index (χ1n) is 6.59. The van der Waals surface area contributed by atoms with Crippen molar-refractivity contribution in [2.45, 2.75) is 0 Å². The molecule has 0 atom stereocenters. The number of rotatable bonds is 2. The number of piperazine rings is 1. The number of nitrogens with zero attached hydrogens (tertiary/aromatic N) is 3. The van der Waals surface area contributed by atoms with Crippen molar-refractivity contribution in [1.82, 2.24) is 10.1 Å². The largest absolute Gasteiger partial charge is 0.368 e. The van der Waals surface area contributed by atoms with E-state index >= 15 is 0 Å². The Balaban J connectivity index is 1.54. The van der Waals surface area contributed by atoms with Gasteiger partial charge in [-0.2, -0.15) is 0 Å². The van der Waals surface area contributed by atoms with Crippen LogP contribution in [0.25, 0.3) is 0 Å². The lowest BCUT2D eigenvalue weighted by molar-refractivity contribution is 0.207. The fraction of sp³-hybridized carbons (Fsp3) is 0.286. The van der Waals surface area contributed by atoms with Crippen LogP contribution >= 0.6 is 0 Å². The molecule has 1 aliphatic rings. The molecule has 1 saturated heterocycles. The van der Waals surface area contributed by atoms with Gasteiger partial charge in [-0.05, 0) is 12.1 Å². The van der Waals surface area contributed by atoms with Crippen molar-refractivity contribution >= 4 is 17.6 Å². The number of urea groups is 1. The molecule has 1 aromatic carbocycles. The minimum atomic E-state index is -0.144. The summed E-state index contributed by atoms with van der Waals surface area (Å²) < 4.78 is 4.87. The highest BCUT2D eigenvalue weighted by molar-refractivity contribution is 5.88. The first-order valence-corrected chi connectivity index (χ1v) is 6.59. The van der Waals surface area contributed by atoms with E-state index in [1.54, 1.807) is 11.0 Å². The second kappa shape index (κ2) is 5.64. The van der Waals surface area contributed by atoms with E-state index in [1.165, 1.54) is 11.9 Å². The Morgan fingerprint density at radius 2 is 1.85 bits per heavy atom. The van der Waals surface area contributed by atoms with E-state index in [9.17, 15) is 4.79 Å². The molecule has 20 heavy (non-hydrogen) atoms. The quantitative estimate of drug-likeness (QED) is 0.908. The van der Waals surface area contributed by atoms with E-state index in [0.717, 1.165) is 13.1 Å². The highest BCUT2D eigenvalue weighted by Gasteiger charge is 2.21. The minimum Gasteiger partial charge on any atom is -0.368 e. The minimum absolute atomic E-state index is 0.144. The third kappa shape index (κ3) is 2.74. The number of carbonyl (C=O) groups excluding carboxylic acids is 1. The number of benzene rings is 1. The number of nitrogens with one attached hydrogen (secondary N) is 1. The number of hydrogen-bond acceptors (Lipinski definition) is 4.